The van der Waals surface area contributed by atoms with E-state index >= 15 is 0 Å². The van der Waals surface area contributed by atoms with Crippen molar-refractivity contribution in [1.82, 2.24) is 15.2 Å². The van der Waals surface area contributed by atoms with Crippen LogP contribution in [-0.4, -0.2) is 70.4 Å². The molecule has 5 aliphatic rings. The van der Waals surface area contributed by atoms with Gasteiger partial charge in [0.1, 0.15) is 11.4 Å². The Hall–Kier alpha value is -2.06. The second-order valence-electron chi connectivity index (χ2n) is 10.9. The summed E-state index contributed by atoms with van der Waals surface area (Å²) in [5.74, 6) is 1.94. The van der Waals surface area contributed by atoms with Crippen molar-refractivity contribution < 1.29 is 19.4 Å². The standard InChI is InChI=1S/C24H33ClN4O4/c1-23(2,29-8-6-28(7-9-29)20-18(25)4-3-5-26-20)21(30)27-19-16-10-15-11-17(19)14-24(12-15,13-16)33-22(31)32/h3-5,15-17,19H,6-14H2,1-2H3,(H,27,30)(H,31,32). The second kappa shape index (κ2) is 8.31. The van der Waals surface area contributed by atoms with Gasteiger partial charge in [0.25, 0.3) is 0 Å². The van der Waals surface area contributed by atoms with Crippen molar-refractivity contribution in [2.75, 3.05) is 31.1 Å². The molecule has 1 saturated heterocycles. The first-order chi connectivity index (χ1) is 15.7. The van der Waals surface area contributed by atoms with Crippen LogP contribution in [0.2, 0.25) is 5.02 Å². The van der Waals surface area contributed by atoms with Crippen molar-refractivity contribution >= 4 is 29.5 Å². The molecule has 1 aromatic rings. The minimum atomic E-state index is -1.18. The zero-order valence-corrected chi connectivity index (χ0v) is 20.1. The van der Waals surface area contributed by atoms with Gasteiger partial charge in [-0.15, -0.1) is 0 Å². The van der Waals surface area contributed by atoms with Crippen LogP contribution in [-0.2, 0) is 9.53 Å². The van der Waals surface area contributed by atoms with Crippen LogP contribution < -0.4 is 10.2 Å². The molecule has 0 spiro atoms. The Bertz CT molecular complexity index is 917. The summed E-state index contributed by atoms with van der Waals surface area (Å²) in [5.41, 5.74) is -1.17. The molecule has 9 heteroatoms. The highest BCUT2D eigenvalue weighted by Gasteiger charge is 2.58. The van der Waals surface area contributed by atoms with Crippen LogP contribution in [0.1, 0.15) is 46.0 Å². The van der Waals surface area contributed by atoms with Gasteiger partial charge in [0.2, 0.25) is 5.91 Å². The summed E-state index contributed by atoms with van der Waals surface area (Å²) in [4.78, 5) is 33.6. The van der Waals surface area contributed by atoms with E-state index in [1.165, 1.54) is 0 Å². The number of hydrogen-bond acceptors (Lipinski definition) is 6. The van der Waals surface area contributed by atoms with Gasteiger partial charge in [-0.05, 0) is 75.8 Å². The number of nitrogens with zero attached hydrogens (tertiary/aromatic N) is 3. The Kier molecular flexibility index (Phi) is 5.72. The van der Waals surface area contributed by atoms with E-state index in [2.05, 4.69) is 20.1 Å². The maximum Gasteiger partial charge on any atom is 0.506 e. The molecular formula is C24H33ClN4O4. The molecule has 2 unspecified atom stereocenters. The summed E-state index contributed by atoms with van der Waals surface area (Å²) < 4.78 is 5.40. The highest BCUT2D eigenvalue weighted by molar-refractivity contribution is 6.32. The lowest BCUT2D eigenvalue weighted by molar-refractivity contribution is -0.157. The second-order valence-corrected chi connectivity index (χ2v) is 11.3. The van der Waals surface area contributed by atoms with Gasteiger partial charge in [0, 0.05) is 38.4 Å². The molecule has 1 aromatic heterocycles. The van der Waals surface area contributed by atoms with E-state index in [0.717, 1.165) is 64.1 Å². The molecule has 5 fully saturated rings. The van der Waals surface area contributed by atoms with Crippen molar-refractivity contribution in [2.45, 2.75) is 63.1 Å². The van der Waals surface area contributed by atoms with Crippen LogP contribution >= 0.6 is 11.6 Å². The molecule has 0 aromatic carbocycles. The lowest BCUT2D eigenvalue weighted by Crippen LogP contribution is -2.66. The zero-order chi connectivity index (χ0) is 23.4. The van der Waals surface area contributed by atoms with E-state index in [1.54, 1.807) is 6.20 Å². The first-order valence-corrected chi connectivity index (χ1v) is 12.4. The topological polar surface area (TPSA) is 95.0 Å². The van der Waals surface area contributed by atoms with Gasteiger partial charge in [0.05, 0.1) is 10.6 Å². The smallest absolute Gasteiger partial charge is 0.450 e. The van der Waals surface area contributed by atoms with Crippen LogP contribution in [0.4, 0.5) is 10.6 Å². The number of pyridine rings is 1. The largest absolute Gasteiger partial charge is 0.506 e. The monoisotopic (exact) mass is 476 g/mol. The number of carbonyl (C=O) groups excluding carboxylic acids is 1. The van der Waals surface area contributed by atoms with Crippen LogP contribution in [0.5, 0.6) is 0 Å². The summed E-state index contributed by atoms with van der Waals surface area (Å²) in [7, 11) is 0. The van der Waals surface area contributed by atoms with Gasteiger partial charge in [-0.3, -0.25) is 9.69 Å². The minimum Gasteiger partial charge on any atom is -0.450 e. The molecule has 1 aliphatic heterocycles. The third-order valence-electron chi connectivity index (χ3n) is 8.48. The summed E-state index contributed by atoms with van der Waals surface area (Å²) >= 11 is 6.32. The van der Waals surface area contributed by atoms with Crippen molar-refractivity contribution in [3.63, 3.8) is 0 Å². The van der Waals surface area contributed by atoms with Gasteiger partial charge in [0.15, 0.2) is 0 Å². The van der Waals surface area contributed by atoms with Gasteiger partial charge >= 0.3 is 6.16 Å². The number of amides is 1. The molecule has 180 valence electrons. The van der Waals surface area contributed by atoms with Crippen LogP contribution in [0, 0.1) is 17.8 Å². The Labute approximate surface area is 199 Å². The lowest BCUT2D eigenvalue weighted by Gasteiger charge is -2.59. The number of aromatic nitrogens is 1. The van der Waals surface area contributed by atoms with E-state index in [4.69, 9.17) is 16.3 Å². The SMILES string of the molecule is CC(C)(C(=O)NC1C2CC3CC1CC(OC(=O)O)(C3)C2)N1CCN(c2ncccc2Cl)CC1. The van der Waals surface area contributed by atoms with Gasteiger partial charge in [-0.2, -0.15) is 0 Å². The number of hydrogen-bond donors (Lipinski definition) is 2. The average molecular weight is 477 g/mol. The Morgan fingerprint density at radius 2 is 1.85 bits per heavy atom. The molecule has 2 atom stereocenters. The fourth-order valence-electron chi connectivity index (χ4n) is 7.05. The Morgan fingerprint density at radius 1 is 1.18 bits per heavy atom. The maximum atomic E-state index is 13.5. The van der Waals surface area contributed by atoms with Crippen molar-refractivity contribution in [3.05, 3.63) is 23.4 Å². The predicted molar refractivity (Wildman–Crippen MR) is 124 cm³/mol. The molecule has 4 aliphatic carbocycles. The molecule has 6 rings (SSSR count). The third kappa shape index (κ3) is 4.16. The normalized spacial score (nSPS) is 33.7. The number of carbonyl (C=O) groups is 2. The number of anilines is 1. The maximum absolute atomic E-state index is 13.5. The quantitative estimate of drug-likeness (QED) is 0.629. The van der Waals surface area contributed by atoms with Crippen molar-refractivity contribution in [2.24, 2.45) is 17.8 Å². The number of carboxylic acid groups (broad SMARTS) is 1. The molecule has 8 nitrogen and oxygen atoms in total. The van der Waals surface area contributed by atoms with E-state index < -0.39 is 17.3 Å². The Morgan fingerprint density at radius 3 is 2.45 bits per heavy atom. The summed E-state index contributed by atoms with van der Waals surface area (Å²) in [6, 6.07) is 3.78. The summed E-state index contributed by atoms with van der Waals surface area (Å²) in [6.45, 7) is 7.02. The average Bonchev–Trinajstić information content (AvgIpc) is 2.75. The fourth-order valence-corrected chi connectivity index (χ4v) is 7.30. The lowest BCUT2D eigenvalue weighted by atomic mass is 9.52. The number of piperazine rings is 1. The molecule has 4 bridgehead atoms. The zero-order valence-electron chi connectivity index (χ0n) is 19.3. The highest BCUT2D eigenvalue weighted by Crippen LogP contribution is 2.57. The molecule has 2 N–H and O–H groups in total. The third-order valence-corrected chi connectivity index (χ3v) is 8.78. The highest BCUT2D eigenvalue weighted by atomic mass is 35.5. The van der Waals surface area contributed by atoms with Crippen molar-refractivity contribution in [1.29, 1.82) is 0 Å². The van der Waals surface area contributed by atoms with Gasteiger partial charge in [-0.25, -0.2) is 9.78 Å². The number of ether oxygens (including phenoxy) is 1. The van der Waals surface area contributed by atoms with E-state index in [9.17, 15) is 14.7 Å². The Balaban J connectivity index is 1.21. The number of nitrogens with one attached hydrogen (secondary N) is 1. The fraction of sp³-hybridized carbons (Fsp3) is 0.708. The molecule has 0 radical (unpaired) electrons. The molecule has 1 amide bonds. The van der Waals surface area contributed by atoms with Crippen LogP contribution in [0.3, 0.4) is 0 Å². The van der Waals surface area contributed by atoms with E-state index in [0.29, 0.717) is 22.8 Å². The number of rotatable bonds is 5. The van der Waals surface area contributed by atoms with E-state index in [-0.39, 0.29) is 11.9 Å². The summed E-state index contributed by atoms with van der Waals surface area (Å²) in [6.07, 6.45) is 4.96. The number of halogens is 1. The molecular weight excluding hydrogens is 444 g/mol. The molecule has 33 heavy (non-hydrogen) atoms. The molecule has 4 saturated carbocycles. The predicted octanol–water partition coefficient (Wildman–Crippen LogP) is 3.39. The first-order valence-electron chi connectivity index (χ1n) is 12.0. The van der Waals surface area contributed by atoms with Crippen LogP contribution in [0.15, 0.2) is 18.3 Å². The van der Waals surface area contributed by atoms with Crippen molar-refractivity contribution in [3.8, 4) is 0 Å². The molecule has 2 heterocycles. The summed E-state index contributed by atoms with van der Waals surface area (Å²) in [5, 5.41) is 13.3. The van der Waals surface area contributed by atoms with Gasteiger partial charge < -0.3 is 20.1 Å². The van der Waals surface area contributed by atoms with E-state index in [1.807, 2.05) is 26.0 Å². The minimum absolute atomic E-state index is 0.0532. The van der Waals surface area contributed by atoms with Gasteiger partial charge in [-0.1, -0.05) is 11.6 Å². The first kappa shape index (κ1) is 22.7. The van der Waals surface area contributed by atoms with Crippen LogP contribution in [0.25, 0.3) is 0 Å².